The lowest BCUT2D eigenvalue weighted by Crippen LogP contribution is -2.52. The normalized spacial score (nSPS) is 22.8. The van der Waals surface area contributed by atoms with Crippen molar-refractivity contribution in [3.8, 4) is 5.75 Å². The number of carbonyl (C=O) groups is 2. The molecular formula is C27H31N3O6. The van der Waals surface area contributed by atoms with Crippen LogP contribution in [-0.2, 0) is 31.0 Å². The van der Waals surface area contributed by atoms with E-state index in [-0.39, 0.29) is 34.8 Å². The molecule has 3 aliphatic heterocycles. The first-order valence-electron chi connectivity index (χ1n) is 12.3. The second-order valence-corrected chi connectivity index (χ2v) is 9.99. The summed E-state index contributed by atoms with van der Waals surface area (Å²) in [7, 11) is 1.22. The number of fused-ring (bicyclic) bond motifs is 4. The number of hydrogen-bond donors (Lipinski definition) is 1. The molecule has 2 N–H and O–H groups in total. The standard InChI is InChI=1S/C27H31N3O6/c1-15(2)13-30-19-10-6-5-9-18(19)27(26(30)33)21-20(36-23(28)22(27)25(32)34-4)12-16(3)29(24(21)31)14-17-8-7-11-35-17/h5-6,9-10,12,15,17H,7-8,11,13-14,28H2,1-4H3/t17-,27-/m1/s1. The Hall–Kier alpha value is -3.59. The van der Waals surface area contributed by atoms with Crippen LogP contribution in [-0.4, -0.2) is 42.8 Å². The number of carbonyl (C=O) groups excluding carboxylic acids is 2. The van der Waals surface area contributed by atoms with Gasteiger partial charge < -0.3 is 29.4 Å². The molecule has 1 spiro atoms. The number of esters is 1. The molecule has 0 radical (unpaired) electrons. The molecule has 0 saturated carbocycles. The van der Waals surface area contributed by atoms with Gasteiger partial charge in [0.15, 0.2) is 0 Å². The third-order valence-electron chi connectivity index (χ3n) is 7.20. The van der Waals surface area contributed by atoms with Gasteiger partial charge in [0, 0.05) is 36.2 Å². The van der Waals surface area contributed by atoms with Crippen molar-refractivity contribution < 1.29 is 23.8 Å². The molecule has 9 nitrogen and oxygen atoms in total. The van der Waals surface area contributed by atoms with E-state index in [9.17, 15) is 14.4 Å². The summed E-state index contributed by atoms with van der Waals surface area (Å²) in [6.07, 6.45) is 1.66. The Kier molecular flexibility index (Phi) is 5.90. The van der Waals surface area contributed by atoms with E-state index in [2.05, 4.69) is 0 Å². The van der Waals surface area contributed by atoms with Crippen molar-refractivity contribution in [1.82, 2.24) is 4.57 Å². The maximum atomic E-state index is 14.5. The summed E-state index contributed by atoms with van der Waals surface area (Å²) in [6, 6.07) is 8.90. The SMILES string of the molecule is COC(=O)C1=C(N)Oc2cc(C)n(C[C@H]3CCCO3)c(=O)c2[C@@]12C(=O)N(CC(C)C)c1ccccc12. The molecule has 2 aromatic rings. The Balaban J connectivity index is 1.85. The van der Waals surface area contributed by atoms with Crippen LogP contribution in [0.25, 0.3) is 0 Å². The van der Waals surface area contributed by atoms with Crippen LogP contribution >= 0.6 is 0 Å². The molecule has 0 aliphatic carbocycles. The molecule has 2 atom stereocenters. The van der Waals surface area contributed by atoms with Crippen molar-refractivity contribution in [2.45, 2.75) is 51.7 Å². The monoisotopic (exact) mass is 493 g/mol. The molecule has 1 aromatic heterocycles. The Bertz CT molecular complexity index is 1340. The number of ether oxygens (including phenoxy) is 3. The van der Waals surface area contributed by atoms with Gasteiger partial charge in [-0.1, -0.05) is 32.0 Å². The summed E-state index contributed by atoms with van der Waals surface area (Å²) >= 11 is 0. The largest absolute Gasteiger partial charge is 0.465 e. The van der Waals surface area contributed by atoms with Crippen LogP contribution in [0.2, 0.25) is 0 Å². The lowest BCUT2D eigenvalue weighted by atomic mass is 9.68. The van der Waals surface area contributed by atoms with Crippen molar-refractivity contribution in [1.29, 1.82) is 0 Å². The predicted octanol–water partition coefficient (Wildman–Crippen LogP) is 2.36. The molecule has 1 saturated heterocycles. The first-order chi connectivity index (χ1) is 17.2. The lowest BCUT2D eigenvalue weighted by Gasteiger charge is -2.36. The van der Waals surface area contributed by atoms with E-state index < -0.39 is 22.9 Å². The summed E-state index contributed by atoms with van der Waals surface area (Å²) in [6.45, 7) is 7.20. The van der Waals surface area contributed by atoms with E-state index in [1.165, 1.54) is 7.11 Å². The molecular weight excluding hydrogens is 462 g/mol. The van der Waals surface area contributed by atoms with Crippen LogP contribution in [0, 0.1) is 12.8 Å². The Morgan fingerprint density at radius 3 is 2.69 bits per heavy atom. The number of aryl methyl sites for hydroxylation is 1. The van der Waals surface area contributed by atoms with Gasteiger partial charge in [0.2, 0.25) is 11.8 Å². The number of para-hydroxylation sites is 1. The maximum absolute atomic E-state index is 14.5. The smallest absolute Gasteiger partial charge is 0.340 e. The fourth-order valence-electron chi connectivity index (χ4n) is 5.70. The summed E-state index contributed by atoms with van der Waals surface area (Å²) in [5.74, 6) is -1.19. The van der Waals surface area contributed by atoms with Crippen LogP contribution < -0.4 is 20.9 Å². The summed E-state index contributed by atoms with van der Waals surface area (Å²) < 4.78 is 18.3. The topological polar surface area (TPSA) is 113 Å². The highest BCUT2D eigenvalue weighted by Gasteiger charge is 2.62. The van der Waals surface area contributed by atoms with Crippen molar-refractivity contribution in [3.05, 3.63) is 69.0 Å². The van der Waals surface area contributed by atoms with E-state index in [0.29, 0.717) is 36.6 Å². The molecule has 3 aliphatic rings. The van der Waals surface area contributed by atoms with Crippen molar-refractivity contribution in [3.63, 3.8) is 0 Å². The van der Waals surface area contributed by atoms with Gasteiger partial charge >= 0.3 is 5.97 Å². The number of nitrogens with two attached hydrogens (primary N) is 1. The number of aromatic nitrogens is 1. The van der Waals surface area contributed by atoms with Crippen molar-refractivity contribution in [2.75, 3.05) is 25.2 Å². The van der Waals surface area contributed by atoms with E-state index >= 15 is 0 Å². The van der Waals surface area contributed by atoms with Crippen LogP contribution in [0.3, 0.4) is 0 Å². The zero-order chi connectivity index (χ0) is 25.8. The molecule has 36 heavy (non-hydrogen) atoms. The number of methoxy groups -OCH3 is 1. The van der Waals surface area contributed by atoms with Gasteiger partial charge in [0.25, 0.3) is 5.56 Å². The van der Waals surface area contributed by atoms with Gasteiger partial charge in [0.05, 0.1) is 25.3 Å². The zero-order valence-electron chi connectivity index (χ0n) is 21.0. The van der Waals surface area contributed by atoms with Crippen LogP contribution in [0.5, 0.6) is 5.75 Å². The molecule has 190 valence electrons. The maximum Gasteiger partial charge on any atom is 0.340 e. The summed E-state index contributed by atoms with van der Waals surface area (Å²) in [5.41, 5.74) is 5.80. The van der Waals surface area contributed by atoms with Crippen LogP contribution in [0.15, 0.2) is 46.6 Å². The minimum atomic E-state index is -1.79. The van der Waals surface area contributed by atoms with E-state index in [0.717, 1.165) is 12.8 Å². The molecule has 9 heteroatoms. The molecule has 1 aromatic carbocycles. The number of amides is 1. The number of benzene rings is 1. The average molecular weight is 494 g/mol. The second-order valence-electron chi connectivity index (χ2n) is 9.99. The summed E-state index contributed by atoms with van der Waals surface area (Å²) in [4.78, 5) is 43.6. The Morgan fingerprint density at radius 2 is 2.03 bits per heavy atom. The predicted molar refractivity (Wildman–Crippen MR) is 133 cm³/mol. The third-order valence-corrected chi connectivity index (χ3v) is 7.20. The highest BCUT2D eigenvalue weighted by atomic mass is 16.5. The van der Waals surface area contributed by atoms with Gasteiger partial charge in [-0.2, -0.15) is 0 Å². The van der Waals surface area contributed by atoms with E-state index in [1.54, 1.807) is 34.6 Å². The van der Waals surface area contributed by atoms with Crippen molar-refractivity contribution >= 4 is 17.6 Å². The number of anilines is 1. The molecule has 1 amide bonds. The van der Waals surface area contributed by atoms with Gasteiger partial charge in [0.1, 0.15) is 16.7 Å². The fourth-order valence-corrected chi connectivity index (χ4v) is 5.70. The molecule has 1 fully saturated rings. The van der Waals surface area contributed by atoms with Gasteiger partial charge in [-0.05, 0) is 31.7 Å². The number of nitrogens with zero attached hydrogens (tertiary/aromatic N) is 2. The highest BCUT2D eigenvalue weighted by Crippen LogP contribution is 2.54. The van der Waals surface area contributed by atoms with Crippen molar-refractivity contribution in [2.24, 2.45) is 11.7 Å². The Morgan fingerprint density at radius 1 is 1.28 bits per heavy atom. The second kappa shape index (κ2) is 8.81. The quantitative estimate of drug-likeness (QED) is 0.636. The minimum absolute atomic E-state index is 0.0735. The highest BCUT2D eigenvalue weighted by molar-refractivity contribution is 6.18. The molecule has 4 heterocycles. The zero-order valence-corrected chi connectivity index (χ0v) is 21.0. The van der Waals surface area contributed by atoms with E-state index in [4.69, 9.17) is 19.9 Å². The Labute approximate surface area is 209 Å². The third kappa shape index (κ3) is 3.37. The average Bonchev–Trinajstić information content (AvgIpc) is 3.43. The summed E-state index contributed by atoms with van der Waals surface area (Å²) in [5, 5.41) is 0. The van der Waals surface area contributed by atoms with Gasteiger partial charge in [-0.3, -0.25) is 9.59 Å². The van der Waals surface area contributed by atoms with Gasteiger partial charge in [-0.15, -0.1) is 0 Å². The number of pyridine rings is 1. The number of hydrogen-bond acceptors (Lipinski definition) is 7. The minimum Gasteiger partial charge on any atom is -0.465 e. The first-order valence-corrected chi connectivity index (χ1v) is 12.3. The van der Waals surface area contributed by atoms with Crippen LogP contribution in [0.4, 0.5) is 5.69 Å². The first kappa shape index (κ1) is 24.1. The lowest BCUT2D eigenvalue weighted by molar-refractivity contribution is -0.138. The molecule has 0 unspecified atom stereocenters. The fraction of sp³-hybridized carbons (Fsp3) is 0.444. The van der Waals surface area contributed by atoms with Gasteiger partial charge in [-0.25, -0.2) is 4.79 Å². The number of rotatable bonds is 5. The molecule has 5 rings (SSSR count). The van der Waals surface area contributed by atoms with E-state index in [1.807, 2.05) is 26.0 Å². The van der Waals surface area contributed by atoms with Crippen LogP contribution in [0.1, 0.15) is 43.5 Å². The molecule has 0 bridgehead atoms.